The summed E-state index contributed by atoms with van der Waals surface area (Å²) in [4.78, 5) is 0. The monoisotopic (exact) mass is 389 g/mol. The molecule has 0 aliphatic heterocycles. The van der Waals surface area contributed by atoms with E-state index < -0.39 is 0 Å². The Bertz CT molecular complexity index is 72.5. The third-order valence-corrected chi connectivity index (χ3v) is 2.13. The molecule has 3 heteroatoms. The third kappa shape index (κ3) is 8.55. The van der Waals surface area contributed by atoms with Gasteiger partial charge in [0.15, 0.2) is 0 Å². The highest BCUT2D eigenvalue weighted by Gasteiger charge is 2.09. The lowest BCUT2D eigenvalue weighted by Gasteiger charge is -2.18. The van der Waals surface area contributed by atoms with Crippen LogP contribution >= 0.6 is 37.7 Å². The van der Waals surface area contributed by atoms with Crippen LogP contribution in [0, 0.1) is 12.8 Å². The Morgan fingerprint density at radius 2 is 1.64 bits per heavy atom. The van der Waals surface area contributed by atoms with Crippen LogP contribution in [0.1, 0.15) is 38.5 Å². The second-order valence-corrected chi connectivity index (χ2v) is 16.4. The predicted molar refractivity (Wildman–Crippen MR) is 70.3 cm³/mol. The molecule has 1 aliphatic rings. The standard InChI is InChI=1S/C8H15.2HI.Mg/c1-2-8-6-4-3-5-7-8;;;/h8H,1-7H2;2*1H;/q;;;+2/p-2. The number of hydrogen-bond acceptors (Lipinski definition) is 0. The van der Waals surface area contributed by atoms with Gasteiger partial charge in [-0.25, -0.2) is 0 Å². The zero-order chi connectivity index (χ0) is 8.53. The van der Waals surface area contributed by atoms with E-state index in [1.165, 1.54) is 38.5 Å². The average Bonchev–Trinajstić information content (AvgIpc) is 2.08. The van der Waals surface area contributed by atoms with Gasteiger partial charge in [0.05, 0.1) is 0 Å². The molecule has 11 heavy (non-hydrogen) atoms. The van der Waals surface area contributed by atoms with Crippen LogP contribution in [-0.2, 0) is 0 Å². The minimum atomic E-state index is 0.357. The van der Waals surface area contributed by atoms with Crippen LogP contribution in [0.15, 0.2) is 0 Å². The Morgan fingerprint density at radius 1 is 1.18 bits per heavy atom. The highest BCUT2D eigenvalue weighted by Crippen LogP contribution is 2.25. The van der Waals surface area contributed by atoms with E-state index in [-0.39, 0.29) is 0 Å². The quantitative estimate of drug-likeness (QED) is 0.466. The van der Waals surface area contributed by atoms with Crippen molar-refractivity contribution >= 4 is 50.3 Å². The Kier molecular flexibility index (Phi) is 12.4. The molecule has 0 N–H and O–H groups in total. The van der Waals surface area contributed by atoms with E-state index in [1.807, 2.05) is 0 Å². The molecule has 0 aromatic carbocycles. The lowest BCUT2D eigenvalue weighted by molar-refractivity contribution is 0.360. The number of rotatable bonds is 1. The highest BCUT2D eigenvalue weighted by molar-refractivity contribution is 14.3. The van der Waals surface area contributed by atoms with Crippen molar-refractivity contribution in [3.63, 3.8) is 0 Å². The van der Waals surface area contributed by atoms with Crippen molar-refractivity contribution in [2.45, 2.75) is 38.5 Å². The van der Waals surface area contributed by atoms with Gasteiger partial charge in [0.25, 0.3) is 0 Å². The molecule has 0 unspecified atom stereocenters. The van der Waals surface area contributed by atoms with E-state index in [4.69, 9.17) is 0 Å². The van der Waals surface area contributed by atoms with Gasteiger partial charge in [-0.05, 0) is 5.92 Å². The molecule has 1 fully saturated rings. The molecule has 1 rings (SSSR count). The van der Waals surface area contributed by atoms with Crippen molar-refractivity contribution in [2.75, 3.05) is 0 Å². The SMILES string of the molecule is [CH2]CC1CCCCC1.[I][Mg][I]. The lowest BCUT2D eigenvalue weighted by atomic mass is 9.88. The Morgan fingerprint density at radius 3 is 1.91 bits per heavy atom. The van der Waals surface area contributed by atoms with Crippen molar-refractivity contribution in [2.24, 2.45) is 5.92 Å². The maximum atomic E-state index is 3.91. The van der Waals surface area contributed by atoms with Crippen molar-refractivity contribution < 1.29 is 0 Å². The summed E-state index contributed by atoms with van der Waals surface area (Å²) >= 11 is 5.18. The molecule has 0 amide bonds. The fraction of sp³-hybridized carbons (Fsp3) is 0.875. The van der Waals surface area contributed by atoms with Crippen LogP contribution in [0.4, 0.5) is 0 Å². The number of hydrogen-bond donors (Lipinski definition) is 0. The van der Waals surface area contributed by atoms with Gasteiger partial charge in [-0.15, -0.1) is 0 Å². The molecular formula is C8H15I2Mg. The van der Waals surface area contributed by atoms with E-state index in [9.17, 15) is 0 Å². The van der Waals surface area contributed by atoms with Crippen LogP contribution in [0.2, 0.25) is 0 Å². The fourth-order valence-corrected chi connectivity index (χ4v) is 1.48. The fourth-order valence-electron chi connectivity index (χ4n) is 1.48. The van der Waals surface area contributed by atoms with E-state index in [0.29, 0.717) is 12.6 Å². The van der Waals surface area contributed by atoms with Gasteiger partial charge in [0.1, 0.15) is 0 Å². The number of halogens is 2. The van der Waals surface area contributed by atoms with Gasteiger partial charge >= 0.3 is 12.6 Å². The van der Waals surface area contributed by atoms with Crippen LogP contribution in [0.25, 0.3) is 0 Å². The molecule has 0 nitrogen and oxygen atoms in total. The maximum Gasteiger partial charge on any atom is 0.552 e. The normalized spacial score (nSPS) is 18.1. The summed E-state index contributed by atoms with van der Waals surface area (Å²) in [6.07, 6.45) is 8.45. The first-order valence-corrected chi connectivity index (χ1v) is 14.5. The molecule has 1 radical (unpaired) electrons. The maximum absolute atomic E-state index is 3.91. The molecule has 0 aromatic heterocycles. The zero-order valence-corrected chi connectivity index (χ0v) is 12.7. The molecular weight excluding hydrogens is 374 g/mol. The first-order valence-electron chi connectivity index (χ1n) is 4.26. The summed E-state index contributed by atoms with van der Waals surface area (Å²) in [5.41, 5.74) is 0. The van der Waals surface area contributed by atoms with Crippen molar-refractivity contribution in [3.8, 4) is 0 Å². The van der Waals surface area contributed by atoms with Crippen LogP contribution in [-0.4, -0.2) is 12.6 Å². The summed E-state index contributed by atoms with van der Waals surface area (Å²) < 4.78 is 0. The molecule has 0 bridgehead atoms. The van der Waals surface area contributed by atoms with Crippen LogP contribution < -0.4 is 0 Å². The summed E-state index contributed by atoms with van der Waals surface area (Å²) in [5, 5.41) is 0. The van der Waals surface area contributed by atoms with Crippen LogP contribution in [0.5, 0.6) is 0 Å². The molecule has 0 aromatic rings. The largest absolute Gasteiger partial charge is 0.552 e. The average molecular weight is 389 g/mol. The van der Waals surface area contributed by atoms with E-state index in [1.54, 1.807) is 0 Å². The Balaban J connectivity index is 0.000000292. The van der Waals surface area contributed by atoms with Gasteiger partial charge in [0.2, 0.25) is 0 Å². The molecule has 0 heterocycles. The van der Waals surface area contributed by atoms with Gasteiger partial charge in [0, 0.05) is 0 Å². The summed E-state index contributed by atoms with van der Waals surface area (Å²) in [6, 6.07) is 0. The molecule has 0 atom stereocenters. The molecule has 0 saturated heterocycles. The minimum Gasteiger partial charge on any atom is -0.276 e. The van der Waals surface area contributed by atoms with Crippen molar-refractivity contribution in [1.82, 2.24) is 0 Å². The molecule has 1 saturated carbocycles. The molecule has 0 spiro atoms. The first kappa shape index (κ1) is 13.2. The van der Waals surface area contributed by atoms with Gasteiger partial charge in [-0.3, -0.25) is 37.7 Å². The summed E-state index contributed by atoms with van der Waals surface area (Å²) in [7, 11) is 0. The highest BCUT2D eigenvalue weighted by atomic mass is 127. The smallest absolute Gasteiger partial charge is 0.276 e. The third-order valence-electron chi connectivity index (χ3n) is 2.13. The minimum absolute atomic E-state index is 0.357. The van der Waals surface area contributed by atoms with Gasteiger partial charge < -0.3 is 0 Å². The topological polar surface area (TPSA) is 0 Å². The Hall–Kier alpha value is 2.23. The molecule has 1 aliphatic carbocycles. The van der Waals surface area contributed by atoms with Crippen LogP contribution in [0.3, 0.4) is 0 Å². The summed E-state index contributed by atoms with van der Waals surface area (Å²) in [6.45, 7) is 3.91. The second kappa shape index (κ2) is 10.3. The van der Waals surface area contributed by atoms with Crippen molar-refractivity contribution in [3.05, 3.63) is 6.92 Å². The lowest BCUT2D eigenvalue weighted by Crippen LogP contribution is -2.03. The summed E-state index contributed by atoms with van der Waals surface area (Å²) in [5.74, 6) is 0.976. The van der Waals surface area contributed by atoms with E-state index >= 15 is 0 Å². The predicted octanol–water partition coefficient (Wildman–Crippen LogP) is 4.18. The van der Waals surface area contributed by atoms with Crippen molar-refractivity contribution in [1.29, 1.82) is 0 Å². The van der Waals surface area contributed by atoms with E-state index in [0.717, 1.165) is 5.92 Å². The van der Waals surface area contributed by atoms with E-state index in [2.05, 4.69) is 44.6 Å². The molecule has 63 valence electrons. The first-order chi connectivity index (χ1) is 5.35. The Labute approximate surface area is 100 Å². The zero-order valence-electron chi connectivity index (χ0n) is 6.99. The van der Waals surface area contributed by atoms with Gasteiger partial charge in [-0.2, -0.15) is 0 Å². The second-order valence-electron chi connectivity index (χ2n) is 2.89. The van der Waals surface area contributed by atoms with Gasteiger partial charge in [-0.1, -0.05) is 45.4 Å².